The van der Waals surface area contributed by atoms with Crippen molar-refractivity contribution in [2.24, 2.45) is 5.92 Å². The summed E-state index contributed by atoms with van der Waals surface area (Å²) in [6.45, 7) is 8.19. The van der Waals surface area contributed by atoms with Crippen LogP contribution in [0.15, 0.2) is 54.7 Å². The number of alkyl halides is 2. The van der Waals surface area contributed by atoms with Crippen LogP contribution in [0.4, 0.5) is 8.78 Å². The van der Waals surface area contributed by atoms with E-state index in [1.807, 2.05) is 60.4 Å². The van der Waals surface area contributed by atoms with Crippen LogP contribution in [0, 0.1) is 5.92 Å². The maximum atomic E-state index is 14.0. The summed E-state index contributed by atoms with van der Waals surface area (Å²) in [7, 11) is 0. The molecule has 0 spiro atoms. The third kappa shape index (κ3) is 7.19. The number of benzene rings is 1. The first kappa shape index (κ1) is 27.8. The fraction of sp³-hybridized carbons (Fsp3) is 0.467. The summed E-state index contributed by atoms with van der Waals surface area (Å²) in [6.07, 6.45) is 6.32. The SMILES string of the molecule is CC=C[C@H](CC(=O)O)c1ccc(OCc2ccc3c(CN4CCCC(F)(F)C4)cn(CC(C)C)c3n2)cc1. The van der Waals surface area contributed by atoms with Crippen LogP contribution in [0.2, 0.25) is 0 Å². The molecule has 0 aliphatic carbocycles. The number of ether oxygens (including phenoxy) is 1. The Bertz CT molecular complexity index is 1270. The third-order valence-corrected chi connectivity index (χ3v) is 6.80. The Balaban J connectivity index is 1.49. The monoisotopic (exact) mass is 525 g/mol. The highest BCUT2D eigenvalue weighted by Gasteiger charge is 2.35. The van der Waals surface area contributed by atoms with E-state index in [1.54, 1.807) is 0 Å². The molecule has 1 atom stereocenters. The number of aromatic nitrogens is 2. The van der Waals surface area contributed by atoms with Crippen molar-refractivity contribution in [3.8, 4) is 5.75 Å². The van der Waals surface area contributed by atoms with Crippen LogP contribution in [0.25, 0.3) is 11.0 Å². The zero-order chi connectivity index (χ0) is 27.3. The molecule has 0 bridgehead atoms. The number of pyridine rings is 1. The highest BCUT2D eigenvalue weighted by Crippen LogP contribution is 2.30. The number of nitrogens with zero attached hydrogens (tertiary/aromatic N) is 3. The lowest BCUT2D eigenvalue weighted by atomic mass is 9.95. The lowest BCUT2D eigenvalue weighted by molar-refractivity contribution is -0.137. The van der Waals surface area contributed by atoms with Crippen molar-refractivity contribution in [3.63, 3.8) is 0 Å². The van der Waals surface area contributed by atoms with Gasteiger partial charge in [-0.3, -0.25) is 9.69 Å². The van der Waals surface area contributed by atoms with E-state index in [-0.39, 0.29) is 31.9 Å². The highest BCUT2D eigenvalue weighted by atomic mass is 19.3. The molecule has 38 heavy (non-hydrogen) atoms. The molecule has 1 aromatic carbocycles. The zero-order valence-corrected chi connectivity index (χ0v) is 22.4. The molecule has 8 heteroatoms. The fourth-order valence-electron chi connectivity index (χ4n) is 5.12. The molecule has 1 N–H and O–H groups in total. The Morgan fingerprint density at radius 2 is 1.97 bits per heavy atom. The lowest BCUT2D eigenvalue weighted by Crippen LogP contribution is -2.41. The van der Waals surface area contributed by atoms with Crippen molar-refractivity contribution in [1.29, 1.82) is 0 Å². The van der Waals surface area contributed by atoms with E-state index in [4.69, 9.17) is 9.72 Å². The number of carbonyl (C=O) groups is 1. The molecule has 2 aromatic heterocycles. The van der Waals surface area contributed by atoms with Crippen molar-refractivity contribution in [2.75, 3.05) is 13.1 Å². The van der Waals surface area contributed by atoms with Gasteiger partial charge in [-0.25, -0.2) is 13.8 Å². The first-order valence-electron chi connectivity index (χ1n) is 13.3. The number of allylic oxidation sites excluding steroid dienone is 2. The summed E-state index contributed by atoms with van der Waals surface area (Å²) in [5.41, 5.74) is 3.56. The van der Waals surface area contributed by atoms with Crippen LogP contribution < -0.4 is 4.74 Å². The van der Waals surface area contributed by atoms with Crippen LogP contribution in [0.5, 0.6) is 5.75 Å². The van der Waals surface area contributed by atoms with E-state index in [2.05, 4.69) is 24.6 Å². The third-order valence-electron chi connectivity index (χ3n) is 6.80. The molecule has 6 nitrogen and oxygen atoms in total. The van der Waals surface area contributed by atoms with Crippen molar-refractivity contribution in [3.05, 3.63) is 71.6 Å². The number of hydrogen-bond acceptors (Lipinski definition) is 4. The number of fused-ring (bicyclic) bond motifs is 1. The minimum Gasteiger partial charge on any atom is -0.487 e. The van der Waals surface area contributed by atoms with Gasteiger partial charge in [0.25, 0.3) is 5.92 Å². The van der Waals surface area contributed by atoms with Gasteiger partial charge in [0, 0.05) is 37.0 Å². The number of piperidine rings is 1. The molecular formula is C30H37F2N3O3. The van der Waals surface area contributed by atoms with Gasteiger partial charge in [0.15, 0.2) is 0 Å². The number of rotatable bonds is 11. The van der Waals surface area contributed by atoms with Gasteiger partial charge in [-0.05, 0) is 61.2 Å². The van der Waals surface area contributed by atoms with E-state index >= 15 is 0 Å². The zero-order valence-electron chi connectivity index (χ0n) is 22.4. The molecule has 204 valence electrons. The molecule has 1 aliphatic rings. The molecule has 0 unspecified atom stereocenters. The summed E-state index contributed by atoms with van der Waals surface area (Å²) < 4.78 is 36.1. The van der Waals surface area contributed by atoms with Gasteiger partial charge in [-0.2, -0.15) is 0 Å². The Hall–Kier alpha value is -3.26. The molecule has 3 aromatic rings. The number of carboxylic acid groups (broad SMARTS) is 1. The smallest absolute Gasteiger partial charge is 0.304 e. The Morgan fingerprint density at radius 3 is 2.63 bits per heavy atom. The van der Waals surface area contributed by atoms with Crippen LogP contribution in [-0.2, 0) is 24.5 Å². The Labute approximate surface area is 222 Å². The van der Waals surface area contributed by atoms with Crippen LogP contribution >= 0.6 is 0 Å². The topological polar surface area (TPSA) is 67.6 Å². The fourth-order valence-corrected chi connectivity index (χ4v) is 5.12. The van der Waals surface area contributed by atoms with Gasteiger partial charge >= 0.3 is 5.97 Å². The second kappa shape index (κ2) is 12.1. The molecule has 3 heterocycles. The first-order valence-corrected chi connectivity index (χ1v) is 13.3. The van der Waals surface area contributed by atoms with E-state index in [0.717, 1.165) is 34.4 Å². The average molecular weight is 526 g/mol. The predicted octanol–water partition coefficient (Wildman–Crippen LogP) is 6.64. The van der Waals surface area contributed by atoms with Crippen molar-refractivity contribution >= 4 is 17.0 Å². The standard InChI is InChI=1S/C30H37F2N3O3/c1-4-6-23(15-28(36)37)22-7-10-26(11-8-22)38-19-25-9-12-27-24(17-34-14-5-13-30(31,32)20-34)18-35(16-21(2)3)29(27)33-25/h4,6-12,18,21,23H,5,13-17,19-20H2,1-3H3,(H,36,37)/t23-/m1/s1. The molecule has 1 fully saturated rings. The number of hydrogen-bond donors (Lipinski definition) is 1. The molecule has 1 aliphatic heterocycles. The number of carboxylic acids is 1. The molecule has 0 saturated carbocycles. The molecule has 4 rings (SSSR count). The van der Waals surface area contributed by atoms with Crippen LogP contribution in [0.3, 0.4) is 0 Å². The molecule has 0 amide bonds. The molecule has 0 radical (unpaired) electrons. The average Bonchev–Trinajstić information content (AvgIpc) is 3.17. The summed E-state index contributed by atoms with van der Waals surface area (Å²) in [5.74, 6) is -2.57. The van der Waals surface area contributed by atoms with E-state index in [0.29, 0.717) is 31.2 Å². The Morgan fingerprint density at radius 1 is 1.21 bits per heavy atom. The first-order chi connectivity index (χ1) is 18.1. The van der Waals surface area contributed by atoms with E-state index < -0.39 is 11.9 Å². The van der Waals surface area contributed by atoms with E-state index in [1.165, 1.54) is 0 Å². The van der Waals surface area contributed by atoms with Crippen LogP contribution in [-0.4, -0.2) is 44.5 Å². The highest BCUT2D eigenvalue weighted by molar-refractivity contribution is 5.80. The van der Waals surface area contributed by atoms with Gasteiger partial charge in [-0.15, -0.1) is 0 Å². The Kier molecular flexibility index (Phi) is 8.82. The lowest BCUT2D eigenvalue weighted by Gasteiger charge is -2.32. The van der Waals surface area contributed by atoms with Gasteiger partial charge in [0.05, 0.1) is 18.7 Å². The molecule has 1 saturated heterocycles. The maximum Gasteiger partial charge on any atom is 0.304 e. The van der Waals surface area contributed by atoms with Gasteiger partial charge in [0.1, 0.15) is 18.0 Å². The van der Waals surface area contributed by atoms with Crippen LogP contribution in [0.1, 0.15) is 62.8 Å². The van der Waals surface area contributed by atoms with E-state index in [9.17, 15) is 18.7 Å². The minimum atomic E-state index is -2.63. The summed E-state index contributed by atoms with van der Waals surface area (Å²) in [5, 5.41) is 10.2. The quantitative estimate of drug-likeness (QED) is 0.284. The maximum absolute atomic E-state index is 14.0. The van der Waals surface area contributed by atoms with Gasteiger partial charge in [-0.1, -0.05) is 38.1 Å². The summed E-state index contributed by atoms with van der Waals surface area (Å²) in [6, 6.07) is 11.4. The number of likely N-dealkylation sites (tertiary alicyclic amines) is 1. The molecular weight excluding hydrogens is 488 g/mol. The van der Waals surface area contributed by atoms with Crippen molar-refractivity contribution < 1.29 is 23.4 Å². The number of aliphatic carboxylic acids is 1. The summed E-state index contributed by atoms with van der Waals surface area (Å²) >= 11 is 0. The van der Waals surface area contributed by atoms with Gasteiger partial charge < -0.3 is 14.4 Å². The van der Waals surface area contributed by atoms with Crippen molar-refractivity contribution in [1.82, 2.24) is 14.5 Å². The predicted molar refractivity (Wildman–Crippen MR) is 145 cm³/mol. The normalized spacial score (nSPS) is 16.9. The van der Waals surface area contributed by atoms with Crippen molar-refractivity contribution in [2.45, 2.75) is 71.6 Å². The van der Waals surface area contributed by atoms with Gasteiger partial charge in [0.2, 0.25) is 0 Å². The largest absolute Gasteiger partial charge is 0.487 e. The summed E-state index contributed by atoms with van der Waals surface area (Å²) in [4.78, 5) is 17.9. The minimum absolute atomic E-state index is 0.0344. The second-order valence-corrected chi connectivity index (χ2v) is 10.6. The number of halogens is 2. The second-order valence-electron chi connectivity index (χ2n) is 10.6.